The Morgan fingerprint density at radius 1 is 1.10 bits per heavy atom. The van der Waals surface area contributed by atoms with Gasteiger partial charge in [-0.3, -0.25) is 14.9 Å². The lowest BCUT2D eigenvalue weighted by atomic mass is 9.95. The quantitative estimate of drug-likeness (QED) is 0.398. The van der Waals surface area contributed by atoms with Gasteiger partial charge in [0.2, 0.25) is 10.0 Å². The van der Waals surface area contributed by atoms with Gasteiger partial charge in [-0.2, -0.15) is 0 Å². The van der Waals surface area contributed by atoms with Gasteiger partial charge in [0.1, 0.15) is 0 Å². The maximum absolute atomic E-state index is 12.8. The molecule has 2 aromatic carbocycles. The van der Waals surface area contributed by atoms with Crippen LogP contribution in [0, 0.1) is 0 Å². The summed E-state index contributed by atoms with van der Waals surface area (Å²) in [5, 5.41) is 14.0. The van der Waals surface area contributed by atoms with Gasteiger partial charge < -0.3 is 10.4 Å². The molecule has 0 fully saturated rings. The number of sulfonamides is 1. The van der Waals surface area contributed by atoms with E-state index < -0.39 is 33.5 Å². The Kier molecular flexibility index (Phi) is 5.33. The van der Waals surface area contributed by atoms with Gasteiger partial charge in [0.05, 0.1) is 4.90 Å². The Morgan fingerprint density at radius 3 is 2.41 bits per heavy atom. The maximum Gasteiger partial charge on any atom is 0.405 e. The molecule has 2 aromatic rings. The molecule has 0 aliphatic carbocycles. The molecule has 10 heteroatoms. The second-order valence-corrected chi connectivity index (χ2v) is 9.17. The molecule has 0 atom stereocenters. The molecule has 1 heterocycles. The second kappa shape index (κ2) is 7.45. The molecule has 1 aliphatic heterocycles. The summed E-state index contributed by atoms with van der Waals surface area (Å²) in [6.07, 6.45) is -0.299. The minimum atomic E-state index is -3.91. The van der Waals surface area contributed by atoms with E-state index in [1.807, 2.05) is 0 Å². The molecule has 0 unspecified atom stereocenters. The van der Waals surface area contributed by atoms with Crippen molar-refractivity contribution in [2.75, 3.05) is 6.54 Å². The van der Waals surface area contributed by atoms with Crippen molar-refractivity contribution in [3.63, 3.8) is 0 Å². The highest BCUT2D eigenvalue weighted by molar-refractivity contribution is 7.89. The van der Waals surface area contributed by atoms with Crippen LogP contribution >= 0.6 is 0 Å². The summed E-state index contributed by atoms with van der Waals surface area (Å²) in [5.41, 5.74) is -0.197. The predicted molar refractivity (Wildman–Crippen MR) is 105 cm³/mol. The van der Waals surface area contributed by atoms with Crippen LogP contribution in [0.5, 0.6) is 0 Å². The minimum absolute atomic E-state index is 0.0245. The summed E-state index contributed by atoms with van der Waals surface area (Å²) < 4.78 is 28.2. The Bertz CT molecular complexity index is 1100. The molecule has 9 nitrogen and oxygen atoms in total. The summed E-state index contributed by atoms with van der Waals surface area (Å²) in [6.45, 7) is 3.53. The van der Waals surface area contributed by atoms with Crippen LogP contribution in [0.4, 0.5) is 4.79 Å². The highest BCUT2D eigenvalue weighted by atomic mass is 32.2. The lowest BCUT2D eigenvalue weighted by molar-refractivity contribution is 0.0844. The number of hydrogen-bond acceptors (Lipinski definition) is 5. The molecular weight excluding hydrogens is 398 g/mol. The molecule has 3 amide bonds. The molecule has 1 aliphatic rings. The predicted octanol–water partition coefficient (Wildman–Crippen LogP) is 1.83. The Labute approximate surface area is 167 Å². The second-order valence-electron chi connectivity index (χ2n) is 7.44. The van der Waals surface area contributed by atoms with E-state index >= 15 is 0 Å². The number of carbonyl (C=O) groups is 3. The average molecular weight is 419 g/mol. The zero-order valence-electron chi connectivity index (χ0n) is 15.9. The normalized spacial score (nSPS) is 14.0. The van der Waals surface area contributed by atoms with E-state index in [0.29, 0.717) is 23.6 Å². The number of benzene rings is 2. The number of nitrogens with one attached hydrogen (secondary N) is 3. The maximum atomic E-state index is 12.8. The molecule has 4 N–H and O–H groups in total. The van der Waals surface area contributed by atoms with E-state index in [9.17, 15) is 22.8 Å². The summed E-state index contributed by atoms with van der Waals surface area (Å²) in [7, 11) is -3.91. The fourth-order valence-electron chi connectivity index (χ4n) is 3.40. The number of imide groups is 1. The first-order chi connectivity index (χ1) is 13.5. The molecule has 0 spiro atoms. The average Bonchev–Trinajstić information content (AvgIpc) is 2.61. The Morgan fingerprint density at radius 2 is 1.76 bits per heavy atom. The van der Waals surface area contributed by atoms with Crippen molar-refractivity contribution in [2.24, 2.45) is 0 Å². The van der Waals surface area contributed by atoms with Gasteiger partial charge in [-0.1, -0.05) is 12.1 Å². The topological polar surface area (TPSA) is 142 Å². The van der Waals surface area contributed by atoms with Crippen molar-refractivity contribution >= 4 is 38.7 Å². The zero-order valence-corrected chi connectivity index (χ0v) is 16.7. The van der Waals surface area contributed by atoms with Gasteiger partial charge in [-0.05, 0) is 44.9 Å². The molecular formula is C19H21N3O6S. The fraction of sp³-hybridized carbons (Fsp3) is 0.316. The third-order valence-corrected chi connectivity index (χ3v) is 6.24. The smallest absolute Gasteiger partial charge is 0.405 e. The van der Waals surface area contributed by atoms with Crippen LogP contribution in [0.15, 0.2) is 35.2 Å². The third-order valence-electron chi connectivity index (χ3n) is 4.72. The molecule has 29 heavy (non-hydrogen) atoms. The van der Waals surface area contributed by atoms with Crippen LogP contribution in [-0.2, 0) is 10.0 Å². The van der Waals surface area contributed by atoms with Crippen molar-refractivity contribution < 1.29 is 27.9 Å². The number of carboxylic acid groups (broad SMARTS) is 1. The largest absolute Gasteiger partial charge is 0.465 e. The number of amides is 3. The molecule has 0 aromatic heterocycles. The molecule has 3 rings (SSSR count). The van der Waals surface area contributed by atoms with Crippen LogP contribution in [0.3, 0.4) is 0 Å². The number of rotatable bonds is 7. The lowest BCUT2D eigenvalue weighted by Crippen LogP contribution is -2.43. The SMILES string of the molecule is CC(C)(CCCNS(=O)(=O)c1ccc2c3c(cccc13)C(=O)NC2=O)NC(=O)O. The van der Waals surface area contributed by atoms with Gasteiger partial charge >= 0.3 is 6.09 Å². The highest BCUT2D eigenvalue weighted by Crippen LogP contribution is 2.31. The summed E-state index contributed by atoms with van der Waals surface area (Å²) in [5.74, 6) is -1.13. The van der Waals surface area contributed by atoms with Crippen LogP contribution in [-0.4, -0.2) is 43.5 Å². The van der Waals surface area contributed by atoms with E-state index in [-0.39, 0.29) is 22.6 Å². The zero-order chi connectivity index (χ0) is 21.4. The fourth-order valence-corrected chi connectivity index (χ4v) is 4.67. The van der Waals surface area contributed by atoms with Crippen molar-refractivity contribution in [1.82, 2.24) is 15.4 Å². The van der Waals surface area contributed by atoms with E-state index in [4.69, 9.17) is 5.11 Å². The van der Waals surface area contributed by atoms with Gasteiger partial charge in [-0.25, -0.2) is 17.9 Å². The van der Waals surface area contributed by atoms with E-state index in [0.717, 1.165) is 0 Å². The monoisotopic (exact) mass is 419 g/mol. The Hall–Kier alpha value is -2.98. The van der Waals surface area contributed by atoms with Gasteiger partial charge in [0.25, 0.3) is 11.8 Å². The van der Waals surface area contributed by atoms with E-state index in [1.165, 1.54) is 18.2 Å². The third kappa shape index (κ3) is 4.22. The molecule has 0 bridgehead atoms. The van der Waals surface area contributed by atoms with Crippen molar-refractivity contribution in [1.29, 1.82) is 0 Å². The summed E-state index contributed by atoms with van der Waals surface area (Å²) in [4.78, 5) is 34.9. The summed E-state index contributed by atoms with van der Waals surface area (Å²) >= 11 is 0. The van der Waals surface area contributed by atoms with Crippen LogP contribution in [0.25, 0.3) is 10.8 Å². The van der Waals surface area contributed by atoms with Gasteiger partial charge in [0.15, 0.2) is 0 Å². The van der Waals surface area contributed by atoms with Crippen molar-refractivity contribution in [3.8, 4) is 0 Å². The number of hydrogen-bond donors (Lipinski definition) is 4. The molecule has 0 saturated heterocycles. The molecule has 0 radical (unpaired) electrons. The first-order valence-electron chi connectivity index (χ1n) is 8.94. The first kappa shape index (κ1) is 20.7. The lowest BCUT2D eigenvalue weighted by Gasteiger charge is -2.24. The molecule has 0 saturated carbocycles. The number of carbonyl (C=O) groups excluding carboxylic acids is 2. The summed E-state index contributed by atoms with van der Waals surface area (Å²) in [6, 6.07) is 7.39. The molecule has 154 valence electrons. The standard InChI is InChI=1S/C19H21N3O6S/c1-19(2,22-18(25)26)9-4-10-20-29(27,28)14-8-7-13-15-11(14)5-3-6-12(15)16(23)21-17(13)24/h3,5-8,20,22H,4,9-10H2,1-2H3,(H,25,26)(H,21,23,24). The first-order valence-corrected chi connectivity index (χ1v) is 10.4. The van der Waals surface area contributed by atoms with E-state index in [1.54, 1.807) is 26.0 Å². The minimum Gasteiger partial charge on any atom is -0.465 e. The van der Waals surface area contributed by atoms with Crippen LogP contribution in [0.2, 0.25) is 0 Å². The van der Waals surface area contributed by atoms with Gasteiger partial charge in [0, 0.05) is 34.0 Å². The Balaban J connectivity index is 1.84. The van der Waals surface area contributed by atoms with Crippen LogP contribution < -0.4 is 15.4 Å². The van der Waals surface area contributed by atoms with E-state index in [2.05, 4.69) is 15.4 Å². The van der Waals surface area contributed by atoms with Crippen LogP contribution in [0.1, 0.15) is 47.4 Å². The van der Waals surface area contributed by atoms with Gasteiger partial charge in [-0.15, -0.1) is 0 Å². The van der Waals surface area contributed by atoms with Crippen molar-refractivity contribution in [2.45, 2.75) is 37.1 Å². The van der Waals surface area contributed by atoms with Crippen molar-refractivity contribution in [3.05, 3.63) is 41.5 Å². The highest BCUT2D eigenvalue weighted by Gasteiger charge is 2.28.